The summed E-state index contributed by atoms with van der Waals surface area (Å²) < 4.78 is 12.0. The Labute approximate surface area is 172 Å². The number of anilines is 1. The van der Waals surface area contributed by atoms with Crippen LogP contribution in [0.2, 0.25) is 0 Å². The van der Waals surface area contributed by atoms with E-state index in [1.54, 1.807) is 31.6 Å². The Balaban J connectivity index is 1.62. The molecule has 3 rings (SSSR count). The maximum absolute atomic E-state index is 12.3. The summed E-state index contributed by atoms with van der Waals surface area (Å²) in [6.45, 7) is 0.411. The van der Waals surface area contributed by atoms with Gasteiger partial charge in [0.2, 0.25) is 5.91 Å². The number of hydrogen-bond acceptors (Lipinski definition) is 4. The van der Waals surface area contributed by atoms with Gasteiger partial charge in [0.1, 0.15) is 18.1 Å². The molecule has 1 amide bonds. The second kappa shape index (κ2) is 9.71. The van der Waals surface area contributed by atoms with Crippen molar-refractivity contribution < 1.29 is 14.3 Å². The molecule has 6 heteroatoms. The smallest absolute Gasteiger partial charge is 0.248 e. The number of benzene rings is 2. The molecule has 0 saturated heterocycles. The molecule has 0 saturated carbocycles. The predicted octanol–water partition coefficient (Wildman–Crippen LogP) is 5.08. The summed E-state index contributed by atoms with van der Waals surface area (Å²) in [6, 6.07) is 16.7. The van der Waals surface area contributed by atoms with Crippen LogP contribution in [0.25, 0.3) is 6.08 Å². The quantitative estimate of drug-likeness (QED) is 0.522. The first-order valence-electron chi connectivity index (χ1n) is 8.58. The van der Waals surface area contributed by atoms with Crippen LogP contribution in [0.1, 0.15) is 11.1 Å². The summed E-state index contributed by atoms with van der Waals surface area (Å²) >= 11 is 3.42. The van der Waals surface area contributed by atoms with E-state index in [0.29, 0.717) is 23.8 Å². The molecule has 0 aliphatic rings. The van der Waals surface area contributed by atoms with E-state index < -0.39 is 0 Å². The van der Waals surface area contributed by atoms with Gasteiger partial charge in [-0.25, -0.2) is 0 Å². The maximum atomic E-state index is 12.3. The van der Waals surface area contributed by atoms with Gasteiger partial charge < -0.3 is 14.8 Å². The summed E-state index contributed by atoms with van der Waals surface area (Å²) in [7, 11) is 1.59. The second-order valence-corrected chi connectivity index (χ2v) is 6.80. The molecule has 0 radical (unpaired) electrons. The fourth-order valence-corrected chi connectivity index (χ4v) is 2.88. The number of rotatable bonds is 7. The van der Waals surface area contributed by atoms with Gasteiger partial charge in [-0.1, -0.05) is 28.1 Å². The lowest BCUT2D eigenvalue weighted by molar-refractivity contribution is -0.111. The Morgan fingerprint density at radius 2 is 2.07 bits per heavy atom. The van der Waals surface area contributed by atoms with Crippen molar-refractivity contribution in [2.24, 2.45) is 0 Å². The van der Waals surface area contributed by atoms with E-state index in [4.69, 9.17) is 9.47 Å². The molecule has 142 valence electrons. The first-order chi connectivity index (χ1) is 13.6. The Bertz CT molecular complexity index is 975. The van der Waals surface area contributed by atoms with Crippen molar-refractivity contribution >= 4 is 33.6 Å². The Kier molecular flexibility index (Phi) is 6.81. The van der Waals surface area contributed by atoms with Crippen LogP contribution < -0.4 is 14.8 Å². The molecule has 5 nitrogen and oxygen atoms in total. The van der Waals surface area contributed by atoms with E-state index in [2.05, 4.69) is 26.2 Å². The van der Waals surface area contributed by atoms with E-state index in [9.17, 15) is 4.79 Å². The minimum Gasteiger partial charge on any atom is -0.496 e. The van der Waals surface area contributed by atoms with Crippen molar-refractivity contribution in [2.45, 2.75) is 6.61 Å². The zero-order valence-electron chi connectivity index (χ0n) is 15.3. The van der Waals surface area contributed by atoms with E-state index >= 15 is 0 Å². The number of pyridine rings is 1. The van der Waals surface area contributed by atoms with Gasteiger partial charge in [-0.05, 0) is 42.5 Å². The third-order valence-corrected chi connectivity index (χ3v) is 4.33. The molecular formula is C22H19BrN2O3. The van der Waals surface area contributed by atoms with Crippen molar-refractivity contribution in [1.82, 2.24) is 4.98 Å². The van der Waals surface area contributed by atoms with E-state index in [1.165, 1.54) is 6.08 Å². The van der Waals surface area contributed by atoms with Crippen LogP contribution in [0.4, 0.5) is 5.69 Å². The highest BCUT2D eigenvalue weighted by Gasteiger charge is 2.04. The topological polar surface area (TPSA) is 60.5 Å². The number of hydrogen-bond donors (Lipinski definition) is 1. The second-order valence-electron chi connectivity index (χ2n) is 5.89. The van der Waals surface area contributed by atoms with Crippen LogP contribution in [0.5, 0.6) is 11.5 Å². The molecule has 0 unspecified atom stereocenters. The normalized spacial score (nSPS) is 10.6. The largest absolute Gasteiger partial charge is 0.496 e. The molecule has 2 aromatic carbocycles. The van der Waals surface area contributed by atoms with Crippen molar-refractivity contribution in [3.8, 4) is 11.5 Å². The number of halogens is 1. The molecular weight excluding hydrogens is 420 g/mol. The number of nitrogens with one attached hydrogen (secondary N) is 1. The number of carbonyl (C=O) groups is 1. The van der Waals surface area contributed by atoms with Gasteiger partial charge >= 0.3 is 0 Å². The van der Waals surface area contributed by atoms with Crippen LogP contribution in [0.15, 0.2) is 77.5 Å². The van der Waals surface area contributed by atoms with Gasteiger partial charge in [-0.3, -0.25) is 9.78 Å². The molecule has 0 atom stereocenters. The average molecular weight is 439 g/mol. The third kappa shape index (κ3) is 5.69. The molecule has 0 spiro atoms. The lowest BCUT2D eigenvalue weighted by Gasteiger charge is -2.08. The van der Waals surface area contributed by atoms with Gasteiger partial charge in [0.05, 0.1) is 7.11 Å². The molecule has 3 aromatic rings. The number of ether oxygens (including phenoxy) is 2. The zero-order chi connectivity index (χ0) is 19.8. The molecule has 0 fully saturated rings. The minimum atomic E-state index is -0.244. The first-order valence-corrected chi connectivity index (χ1v) is 9.38. The number of methoxy groups -OCH3 is 1. The monoisotopic (exact) mass is 438 g/mol. The van der Waals surface area contributed by atoms with Crippen LogP contribution in [-0.2, 0) is 11.4 Å². The Morgan fingerprint density at radius 1 is 1.18 bits per heavy atom. The van der Waals surface area contributed by atoms with Gasteiger partial charge in [-0.2, -0.15) is 0 Å². The predicted molar refractivity (Wildman–Crippen MR) is 113 cm³/mol. The highest BCUT2D eigenvalue weighted by atomic mass is 79.9. The molecule has 0 aliphatic heterocycles. The lowest BCUT2D eigenvalue weighted by atomic mass is 10.2. The first kappa shape index (κ1) is 19.6. The fraction of sp³-hybridized carbons (Fsp3) is 0.0909. The van der Waals surface area contributed by atoms with E-state index in [-0.39, 0.29) is 5.91 Å². The van der Waals surface area contributed by atoms with Crippen molar-refractivity contribution in [2.75, 3.05) is 12.4 Å². The minimum absolute atomic E-state index is 0.244. The molecule has 0 aliphatic carbocycles. The molecule has 1 heterocycles. The third-order valence-electron chi connectivity index (χ3n) is 3.84. The summed E-state index contributed by atoms with van der Waals surface area (Å²) in [5, 5.41) is 2.83. The summed E-state index contributed by atoms with van der Waals surface area (Å²) in [6.07, 6.45) is 6.65. The van der Waals surface area contributed by atoms with Crippen LogP contribution in [0, 0.1) is 0 Å². The fourth-order valence-electron chi connectivity index (χ4n) is 2.50. The van der Waals surface area contributed by atoms with Crippen LogP contribution in [-0.4, -0.2) is 18.0 Å². The van der Waals surface area contributed by atoms with Crippen LogP contribution >= 0.6 is 15.9 Å². The zero-order valence-corrected chi connectivity index (χ0v) is 16.8. The van der Waals surface area contributed by atoms with Gasteiger partial charge in [0, 0.05) is 45.8 Å². The molecule has 1 N–H and O–H groups in total. The number of amides is 1. The number of aromatic nitrogens is 1. The number of carbonyl (C=O) groups excluding carboxylic acids is 1. The molecule has 28 heavy (non-hydrogen) atoms. The Morgan fingerprint density at radius 3 is 2.86 bits per heavy atom. The van der Waals surface area contributed by atoms with Gasteiger partial charge in [-0.15, -0.1) is 0 Å². The summed E-state index contributed by atoms with van der Waals surface area (Å²) in [5.74, 6) is 1.11. The van der Waals surface area contributed by atoms with E-state index in [1.807, 2.05) is 48.5 Å². The molecule has 0 bridgehead atoms. The van der Waals surface area contributed by atoms with Crippen molar-refractivity contribution in [3.05, 3.63) is 88.7 Å². The van der Waals surface area contributed by atoms with Crippen molar-refractivity contribution in [3.63, 3.8) is 0 Å². The van der Waals surface area contributed by atoms with Gasteiger partial charge in [0.15, 0.2) is 0 Å². The van der Waals surface area contributed by atoms with Crippen LogP contribution in [0.3, 0.4) is 0 Å². The highest BCUT2D eigenvalue weighted by molar-refractivity contribution is 9.10. The van der Waals surface area contributed by atoms with Gasteiger partial charge in [0.25, 0.3) is 0 Å². The summed E-state index contributed by atoms with van der Waals surface area (Å²) in [5.41, 5.74) is 2.43. The lowest BCUT2D eigenvalue weighted by Crippen LogP contribution is -2.08. The number of nitrogens with zero attached hydrogens (tertiary/aromatic N) is 1. The standard InChI is InChI=1S/C22H19BrN2O3/c1-27-21-9-8-18(23)12-17(21)7-10-22(26)25-19-5-2-6-20(13-19)28-15-16-4-3-11-24-14-16/h2-14H,15H2,1H3,(H,25,26). The highest BCUT2D eigenvalue weighted by Crippen LogP contribution is 2.24. The SMILES string of the molecule is COc1ccc(Br)cc1C=CC(=O)Nc1cccc(OCc2cccnc2)c1. The average Bonchev–Trinajstić information content (AvgIpc) is 2.72. The van der Waals surface area contributed by atoms with Crippen molar-refractivity contribution in [1.29, 1.82) is 0 Å². The Hall–Kier alpha value is -3.12. The summed E-state index contributed by atoms with van der Waals surface area (Å²) in [4.78, 5) is 16.3. The van der Waals surface area contributed by atoms with E-state index in [0.717, 1.165) is 15.6 Å². The maximum Gasteiger partial charge on any atom is 0.248 e. The molecule has 1 aromatic heterocycles.